The van der Waals surface area contributed by atoms with Crippen LogP contribution >= 0.6 is 15.9 Å². The monoisotopic (exact) mass is 424 g/mol. The minimum absolute atomic E-state index is 0.0582. The zero-order chi connectivity index (χ0) is 19.1. The third-order valence-corrected chi connectivity index (χ3v) is 4.91. The summed E-state index contributed by atoms with van der Waals surface area (Å²) in [5.74, 6) is 0.305. The Bertz CT molecular complexity index is 685. The summed E-state index contributed by atoms with van der Waals surface area (Å²) in [5.41, 5.74) is 1.77. The van der Waals surface area contributed by atoms with Crippen LogP contribution in [0.1, 0.15) is 18.4 Å². The zero-order valence-electron chi connectivity index (χ0n) is 15.3. The van der Waals surface area contributed by atoms with Crippen LogP contribution in [0.3, 0.4) is 0 Å². The standard InChI is InChI=1S/C18H25BrN4O3/c1-12-4-5-14(19)10-15(12)22-16(24)11-21-18(20-2)23-8-6-13(7-9-23)17(25)26-3/h4-5,10,13H,6-9,11H2,1-3H3,(H,20,21)(H,22,24). The lowest BCUT2D eigenvalue weighted by Crippen LogP contribution is -2.48. The summed E-state index contributed by atoms with van der Waals surface area (Å²) in [4.78, 5) is 30.1. The molecule has 8 heteroatoms. The molecule has 2 N–H and O–H groups in total. The molecule has 0 spiro atoms. The molecule has 1 fully saturated rings. The van der Waals surface area contributed by atoms with Crippen LogP contribution in [0, 0.1) is 12.8 Å². The Morgan fingerprint density at radius 2 is 2.04 bits per heavy atom. The number of carbonyl (C=O) groups is 2. The number of ether oxygens (including phenoxy) is 1. The van der Waals surface area contributed by atoms with Crippen molar-refractivity contribution in [2.75, 3.05) is 39.1 Å². The lowest BCUT2D eigenvalue weighted by atomic mass is 9.97. The van der Waals surface area contributed by atoms with Crippen LogP contribution in [0.4, 0.5) is 5.69 Å². The van der Waals surface area contributed by atoms with E-state index in [9.17, 15) is 9.59 Å². The van der Waals surface area contributed by atoms with Crippen molar-refractivity contribution in [2.24, 2.45) is 10.9 Å². The van der Waals surface area contributed by atoms with E-state index < -0.39 is 0 Å². The van der Waals surface area contributed by atoms with E-state index in [4.69, 9.17) is 4.74 Å². The molecule has 0 radical (unpaired) electrons. The molecule has 2 rings (SSSR count). The third kappa shape index (κ3) is 5.45. The number of halogens is 1. The highest BCUT2D eigenvalue weighted by Crippen LogP contribution is 2.20. The zero-order valence-corrected chi connectivity index (χ0v) is 16.9. The van der Waals surface area contributed by atoms with Gasteiger partial charge in [-0.1, -0.05) is 22.0 Å². The van der Waals surface area contributed by atoms with Gasteiger partial charge < -0.3 is 20.3 Å². The molecular formula is C18H25BrN4O3. The van der Waals surface area contributed by atoms with E-state index in [1.54, 1.807) is 7.05 Å². The second-order valence-corrected chi connectivity index (χ2v) is 7.11. The molecular weight excluding hydrogens is 400 g/mol. The Kier molecular flexibility index (Phi) is 7.44. The summed E-state index contributed by atoms with van der Waals surface area (Å²) in [6, 6.07) is 5.75. The van der Waals surface area contributed by atoms with Crippen LogP contribution in [0.25, 0.3) is 0 Å². The summed E-state index contributed by atoms with van der Waals surface area (Å²) >= 11 is 3.41. The molecule has 0 atom stereocenters. The van der Waals surface area contributed by atoms with Gasteiger partial charge in [-0.15, -0.1) is 0 Å². The number of amides is 1. The number of esters is 1. The van der Waals surface area contributed by atoms with Crippen molar-refractivity contribution < 1.29 is 14.3 Å². The average Bonchev–Trinajstić information content (AvgIpc) is 2.65. The summed E-state index contributed by atoms with van der Waals surface area (Å²) < 4.78 is 5.72. The molecule has 0 aliphatic carbocycles. The van der Waals surface area contributed by atoms with E-state index in [0.717, 1.165) is 28.6 Å². The Hall–Kier alpha value is -2.09. The molecule has 26 heavy (non-hydrogen) atoms. The summed E-state index contributed by atoms with van der Waals surface area (Å²) in [6.45, 7) is 3.47. The predicted octanol–water partition coefficient (Wildman–Crippen LogP) is 2.16. The first-order valence-corrected chi connectivity index (χ1v) is 9.33. The van der Waals surface area contributed by atoms with Gasteiger partial charge >= 0.3 is 5.97 Å². The second-order valence-electron chi connectivity index (χ2n) is 6.19. The molecule has 1 amide bonds. The van der Waals surface area contributed by atoms with Gasteiger partial charge in [0.2, 0.25) is 5.91 Å². The van der Waals surface area contributed by atoms with Crippen molar-refractivity contribution in [1.29, 1.82) is 0 Å². The van der Waals surface area contributed by atoms with E-state index in [1.165, 1.54) is 7.11 Å². The van der Waals surface area contributed by atoms with Gasteiger partial charge in [0.25, 0.3) is 0 Å². The van der Waals surface area contributed by atoms with Gasteiger partial charge in [0.1, 0.15) is 0 Å². The van der Waals surface area contributed by atoms with Crippen LogP contribution in [0.5, 0.6) is 0 Å². The van der Waals surface area contributed by atoms with Crippen molar-refractivity contribution in [3.8, 4) is 0 Å². The number of anilines is 1. The molecule has 0 bridgehead atoms. The van der Waals surface area contributed by atoms with Gasteiger partial charge in [-0.05, 0) is 37.5 Å². The summed E-state index contributed by atoms with van der Waals surface area (Å²) in [5, 5.41) is 5.98. The molecule has 0 aromatic heterocycles. The maximum absolute atomic E-state index is 12.2. The van der Waals surface area contributed by atoms with Crippen molar-refractivity contribution in [1.82, 2.24) is 10.2 Å². The maximum Gasteiger partial charge on any atom is 0.308 e. The molecule has 1 aromatic rings. The van der Waals surface area contributed by atoms with E-state index in [0.29, 0.717) is 19.0 Å². The van der Waals surface area contributed by atoms with Crippen LogP contribution < -0.4 is 10.6 Å². The van der Waals surface area contributed by atoms with Crippen molar-refractivity contribution in [3.05, 3.63) is 28.2 Å². The quantitative estimate of drug-likeness (QED) is 0.439. The van der Waals surface area contributed by atoms with Crippen LogP contribution in [0.2, 0.25) is 0 Å². The second kappa shape index (κ2) is 9.56. The molecule has 0 unspecified atom stereocenters. The smallest absolute Gasteiger partial charge is 0.308 e. The molecule has 142 valence electrons. The highest BCUT2D eigenvalue weighted by Gasteiger charge is 2.27. The van der Waals surface area contributed by atoms with Crippen molar-refractivity contribution in [3.63, 3.8) is 0 Å². The van der Waals surface area contributed by atoms with Crippen LogP contribution in [0.15, 0.2) is 27.7 Å². The summed E-state index contributed by atoms with van der Waals surface area (Å²) in [6.07, 6.45) is 1.44. The number of rotatable bonds is 4. The first kappa shape index (κ1) is 20.2. The number of hydrogen-bond donors (Lipinski definition) is 2. The SMILES string of the molecule is CN=C(NCC(=O)Nc1cc(Br)ccc1C)N1CCC(C(=O)OC)CC1. The van der Waals surface area contributed by atoms with E-state index >= 15 is 0 Å². The molecule has 1 aliphatic rings. The fraction of sp³-hybridized carbons (Fsp3) is 0.500. The predicted molar refractivity (Wildman–Crippen MR) is 105 cm³/mol. The van der Waals surface area contributed by atoms with Gasteiger partial charge in [-0.25, -0.2) is 0 Å². The number of aliphatic imine (C=N–C) groups is 1. The Labute approximate surface area is 162 Å². The lowest BCUT2D eigenvalue weighted by molar-refractivity contribution is -0.146. The number of likely N-dealkylation sites (tertiary alicyclic amines) is 1. The largest absolute Gasteiger partial charge is 0.469 e. The number of aryl methyl sites for hydroxylation is 1. The van der Waals surface area contributed by atoms with E-state index in [-0.39, 0.29) is 24.3 Å². The minimum atomic E-state index is -0.156. The van der Waals surface area contributed by atoms with E-state index in [1.807, 2.05) is 25.1 Å². The number of nitrogens with one attached hydrogen (secondary N) is 2. The summed E-state index contributed by atoms with van der Waals surface area (Å²) in [7, 11) is 3.10. The highest BCUT2D eigenvalue weighted by molar-refractivity contribution is 9.10. The van der Waals surface area contributed by atoms with Crippen LogP contribution in [-0.2, 0) is 14.3 Å². The molecule has 7 nitrogen and oxygen atoms in total. The molecule has 1 aromatic carbocycles. The highest BCUT2D eigenvalue weighted by atomic mass is 79.9. The number of nitrogens with zero attached hydrogens (tertiary/aromatic N) is 2. The van der Waals surface area contributed by atoms with Gasteiger partial charge in [0.15, 0.2) is 5.96 Å². The lowest BCUT2D eigenvalue weighted by Gasteiger charge is -2.33. The number of carbonyl (C=O) groups excluding carboxylic acids is 2. The molecule has 1 heterocycles. The van der Waals surface area contributed by atoms with Crippen molar-refractivity contribution >= 4 is 39.5 Å². The molecule has 1 saturated heterocycles. The Morgan fingerprint density at radius 3 is 2.65 bits per heavy atom. The Morgan fingerprint density at radius 1 is 1.35 bits per heavy atom. The average molecular weight is 425 g/mol. The topological polar surface area (TPSA) is 83.0 Å². The number of methoxy groups -OCH3 is 1. The number of hydrogen-bond acceptors (Lipinski definition) is 4. The van der Waals surface area contributed by atoms with Gasteiger partial charge in [-0.2, -0.15) is 0 Å². The van der Waals surface area contributed by atoms with Crippen molar-refractivity contribution in [2.45, 2.75) is 19.8 Å². The number of guanidine groups is 1. The maximum atomic E-state index is 12.2. The number of benzene rings is 1. The minimum Gasteiger partial charge on any atom is -0.469 e. The third-order valence-electron chi connectivity index (χ3n) is 4.42. The van der Waals surface area contributed by atoms with Gasteiger partial charge in [0.05, 0.1) is 19.6 Å². The fourth-order valence-electron chi connectivity index (χ4n) is 2.91. The molecule has 1 aliphatic heterocycles. The molecule has 0 saturated carbocycles. The van der Waals surface area contributed by atoms with Gasteiger partial charge in [-0.3, -0.25) is 14.6 Å². The normalized spacial score (nSPS) is 15.5. The van der Waals surface area contributed by atoms with Crippen LogP contribution in [-0.4, -0.2) is 56.5 Å². The fourth-order valence-corrected chi connectivity index (χ4v) is 3.27. The number of piperidine rings is 1. The van der Waals surface area contributed by atoms with Gasteiger partial charge in [0, 0.05) is 30.3 Å². The first-order valence-electron chi connectivity index (χ1n) is 8.54. The Balaban J connectivity index is 1.84. The van der Waals surface area contributed by atoms with E-state index in [2.05, 4.69) is 36.5 Å². The first-order chi connectivity index (χ1) is 12.4.